The largest absolute Gasteiger partial charge is 0.338 e. The van der Waals surface area contributed by atoms with Crippen molar-refractivity contribution < 1.29 is 15.0 Å². The number of hydrogen-bond acceptors (Lipinski definition) is 3. The fourth-order valence-electron chi connectivity index (χ4n) is 1.46. The molecule has 1 amide bonds. The van der Waals surface area contributed by atoms with E-state index in [-0.39, 0.29) is 11.6 Å². The SMILES string of the molecule is CCCC[NH2+]CC(=O)Nc1ccc([N+](=O)[O-])cc1. The first-order chi connectivity index (χ1) is 8.63. The van der Waals surface area contributed by atoms with Gasteiger partial charge in [0.2, 0.25) is 0 Å². The molecule has 0 aliphatic rings. The zero-order chi connectivity index (χ0) is 13.4. The van der Waals surface area contributed by atoms with Gasteiger partial charge in [-0.1, -0.05) is 13.3 Å². The zero-order valence-corrected chi connectivity index (χ0v) is 10.4. The molecule has 0 spiro atoms. The second-order valence-electron chi connectivity index (χ2n) is 3.99. The highest BCUT2D eigenvalue weighted by atomic mass is 16.6. The maximum atomic E-state index is 11.5. The Kier molecular flexibility index (Phi) is 5.79. The molecule has 1 aromatic carbocycles. The fourth-order valence-corrected chi connectivity index (χ4v) is 1.46. The summed E-state index contributed by atoms with van der Waals surface area (Å²) in [4.78, 5) is 21.5. The highest BCUT2D eigenvalue weighted by Crippen LogP contribution is 2.14. The van der Waals surface area contributed by atoms with Gasteiger partial charge in [-0.3, -0.25) is 14.9 Å². The van der Waals surface area contributed by atoms with E-state index >= 15 is 0 Å². The van der Waals surface area contributed by atoms with Gasteiger partial charge in [0.15, 0.2) is 6.54 Å². The van der Waals surface area contributed by atoms with Gasteiger partial charge in [0.25, 0.3) is 11.6 Å². The van der Waals surface area contributed by atoms with Crippen molar-refractivity contribution in [1.82, 2.24) is 0 Å². The number of nitro groups is 1. The van der Waals surface area contributed by atoms with Crippen molar-refractivity contribution in [2.45, 2.75) is 19.8 Å². The highest BCUT2D eigenvalue weighted by Gasteiger charge is 2.07. The van der Waals surface area contributed by atoms with E-state index in [1.807, 2.05) is 5.32 Å². The molecule has 0 fully saturated rings. The van der Waals surface area contributed by atoms with Crippen LogP contribution in [0.15, 0.2) is 24.3 Å². The van der Waals surface area contributed by atoms with Crippen LogP contribution in [0.25, 0.3) is 0 Å². The molecule has 0 radical (unpaired) electrons. The number of nitrogens with one attached hydrogen (secondary N) is 1. The fraction of sp³-hybridized carbons (Fsp3) is 0.417. The maximum Gasteiger partial charge on any atom is 0.279 e. The number of carbonyl (C=O) groups is 1. The number of hydrogen-bond donors (Lipinski definition) is 2. The lowest BCUT2D eigenvalue weighted by Gasteiger charge is -2.04. The Bertz CT molecular complexity index is 404. The molecular weight excluding hydrogens is 234 g/mol. The number of unbranched alkanes of at least 4 members (excludes halogenated alkanes) is 1. The van der Waals surface area contributed by atoms with Crippen LogP contribution in [0.5, 0.6) is 0 Å². The molecule has 98 valence electrons. The van der Waals surface area contributed by atoms with Crippen molar-refractivity contribution >= 4 is 17.3 Å². The number of nitrogens with two attached hydrogens (primary N) is 1. The number of nitrogens with zero attached hydrogens (tertiary/aromatic N) is 1. The van der Waals surface area contributed by atoms with Crippen molar-refractivity contribution in [1.29, 1.82) is 0 Å². The van der Waals surface area contributed by atoms with Crippen LogP contribution < -0.4 is 10.6 Å². The summed E-state index contributed by atoms with van der Waals surface area (Å²) >= 11 is 0. The van der Waals surface area contributed by atoms with Gasteiger partial charge in [-0.05, 0) is 18.6 Å². The van der Waals surface area contributed by atoms with Crippen LogP contribution >= 0.6 is 0 Å². The summed E-state index contributed by atoms with van der Waals surface area (Å²) in [5.41, 5.74) is 0.594. The molecule has 0 saturated heterocycles. The number of rotatable bonds is 7. The van der Waals surface area contributed by atoms with E-state index in [1.54, 1.807) is 0 Å². The van der Waals surface area contributed by atoms with Crippen LogP contribution in [-0.4, -0.2) is 23.9 Å². The predicted octanol–water partition coefficient (Wildman–Crippen LogP) is 0.897. The number of nitro benzene ring substituents is 1. The van der Waals surface area contributed by atoms with Crippen LogP contribution in [0, 0.1) is 10.1 Å². The molecule has 0 aliphatic carbocycles. The van der Waals surface area contributed by atoms with Gasteiger partial charge >= 0.3 is 0 Å². The molecule has 1 aromatic rings. The molecule has 6 heteroatoms. The second kappa shape index (κ2) is 7.39. The minimum atomic E-state index is -0.468. The zero-order valence-electron chi connectivity index (χ0n) is 10.4. The third-order valence-corrected chi connectivity index (χ3v) is 2.45. The lowest BCUT2D eigenvalue weighted by molar-refractivity contribution is -0.643. The van der Waals surface area contributed by atoms with Gasteiger partial charge in [0.1, 0.15) is 0 Å². The van der Waals surface area contributed by atoms with E-state index in [0.717, 1.165) is 19.4 Å². The summed E-state index contributed by atoms with van der Waals surface area (Å²) in [7, 11) is 0. The number of anilines is 1. The molecular formula is C12H18N3O3+. The molecule has 0 atom stereocenters. The lowest BCUT2D eigenvalue weighted by atomic mass is 10.3. The van der Waals surface area contributed by atoms with E-state index in [9.17, 15) is 14.9 Å². The van der Waals surface area contributed by atoms with Crippen LogP contribution in [0.4, 0.5) is 11.4 Å². The molecule has 0 aromatic heterocycles. The summed E-state index contributed by atoms with van der Waals surface area (Å²) in [6.07, 6.45) is 2.20. The Morgan fingerprint density at radius 3 is 2.61 bits per heavy atom. The summed E-state index contributed by atoms with van der Waals surface area (Å²) < 4.78 is 0. The van der Waals surface area contributed by atoms with Crippen molar-refractivity contribution in [3.05, 3.63) is 34.4 Å². The molecule has 6 nitrogen and oxygen atoms in total. The van der Waals surface area contributed by atoms with Crippen LogP contribution in [0.3, 0.4) is 0 Å². The molecule has 0 saturated carbocycles. The standard InChI is InChI=1S/C12H17N3O3/c1-2-3-8-13-9-12(16)14-10-4-6-11(7-5-10)15(17)18/h4-7,13H,2-3,8-9H2,1H3,(H,14,16)/p+1. The van der Waals surface area contributed by atoms with Gasteiger partial charge in [-0.15, -0.1) is 0 Å². The normalized spacial score (nSPS) is 10.1. The molecule has 0 unspecified atom stereocenters. The van der Waals surface area contributed by atoms with Crippen LogP contribution in [0.1, 0.15) is 19.8 Å². The molecule has 0 aliphatic heterocycles. The topological polar surface area (TPSA) is 88.8 Å². The van der Waals surface area contributed by atoms with Gasteiger partial charge in [-0.25, -0.2) is 0 Å². The molecule has 18 heavy (non-hydrogen) atoms. The first-order valence-electron chi connectivity index (χ1n) is 5.99. The number of benzene rings is 1. The Hall–Kier alpha value is -1.95. The number of non-ortho nitro benzene ring substituents is 1. The minimum absolute atomic E-state index is 0.0162. The molecule has 0 heterocycles. The average Bonchev–Trinajstić information content (AvgIpc) is 2.35. The van der Waals surface area contributed by atoms with Crippen LogP contribution in [0.2, 0.25) is 0 Å². The van der Waals surface area contributed by atoms with E-state index in [2.05, 4.69) is 12.2 Å². The molecule has 1 rings (SSSR count). The van der Waals surface area contributed by atoms with Gasteiger partial charge < -0.3 is 10.6 Å². The number of carbonyl (C=O) groups excluding carboxylic acids is 1. The van der Waals surface area contributed by atoms with Crippen molar-refractivity contribution in [3.63, 3.8) is 0 Å². The smallest absolute Gasteiger partial charge is 0.279 e. The van der Waals surface area contributed by atoms with E-state index in [4.69, 9.17) is 0 Å². The molecule has 3 N–H and O–H groups in total. The third-order valence-electron chi connectivity index (χ3n) is 2.45. The Balaban J connectivity index is 2.37. The molecule has 0 bridgehead atoms. The van der Waals surface area contributed by atoms with Crippen molar-refractivity contribution in [3.8, 4) is 0 Å². The van der Waals surface area contributed by atoms with Gasteiger partial charge in [0, 0.05) is 17.8 Å². The van der Waals surface area contributed by atoms with Gasteiger partial charge in [-0.2, -0.15) is 0 Å². The summed E-state index contributed by atoms with van der Waals surface area (Å²) in [5.74, 6) is -0.0973. The van der Waals surface area contributed by atoms with E-state index in [0.29, 0.717) is 12.2 Å². The maximum absolute atomic E-state index is 11.5. The quantitative estimate of drug-likeness (QED) is 0.429. The predicted molar refractivity (Wildman–Crippen MR) is 68.3 cm³/mol. The van der Waals surface area contributed by atoms with Crippen molar-refractivity contribution in [2.75, 3.05) is 18.4 Å². The Morgan fingerprint density at radius 2 is 2.06 bits per heavy atom. The first-order valence-corrected chi connectivity index (χ1v) is 5.99. The number of quaternary nitrogens is 1. The lowest BCUT2D eigenvalue weighted by Crippen LogP contribution is -2.86. The second-order valence-corrected chi connectivity index (χ2v) is 3.99. The third kappa shape index (κ3) is 4.92. The van der Waals surface area contributed by atoms with Crippen molar-refractivity contribution in [2.24, 2.45) is 0 Å². The summed E-state index contributed by atoms with van der Waals surface area (Å²) in [5, 5.41) is 15.1. The summed E-state index contributed by atoms with van der Waals surface area (Å²) in [6.45, 7) is 3.41. The highest BCUT2D eigenvalue weighted by molar-refractivity contribution is 5.91. The van der Waals surface area contributed by atoms with E-state index < -0.39 is 4.92 Å². The van der Waals surface area contributed by atoms with Crippen LogP contribution in [-0.2, 0) is 4.79 Å². The minimum Gasteiger partial charge on any atom is -0.338 e. The number of amides is 1. The van der Waals surface area contributed by atoms with E-state index in [1.165, 1.54) is 24.3 Å². The Labute approximate surface area is 106 Å². The van der Waals surface area contributed by atoms with Gasteiger partial charge in [0.05, 0.1) is 11.5 Å². The average molecular weight is 252 g/mol. The first kappa shape index (κ1) is 14.1. The Morgan fingerprint density at radius 1 is 1.39 bits per heavy atom. The monoisotopic (exact) mass is 252 g/mol. The summed E-state index contributed by atoms with van der Waals surface area (Å²) in [6, 6.07) is 5.80.